The summed E-state index contributed by atoms with van der Waals surface area (Å²) in [6, 6.07) is 5.37. The summed E-state index contributed by atoms with van der Waals surface area (Å²) in [5, 5.41) is 5.50. The summed E-state index contributed by atoms with van der Waals surface area (Å²) >= 11 is 12.3. The predicted octanol–water partition coefficient (Wildman–Crippen LogP) is 3.91. The summed E-state index contributed by atoms with van der Waals surface area (Å²) in [6.07, 6.45) is 5.64. The lowest BCUT2D eigenvalue weighted by Gasteiger charge is -2.23. The summed E-state index contributed by atoms with van der Waals surface area (Å²) in [5.74, 6) is 0. The fourth-order valence-corrected chi connectivity index (χ4v) is 3.25. The highest BCUT2D eigenvalue weighted by molar-refractivity contribution is 6.35. The summed E-state index contributed by atoms with van der Waals surface area (Å²) in [5.41, 5.74) is 0.975. The molecule has 3 atom stereocenters. The van der Waals surface area contributed by atoms with Gasteiger partial charge in [0.25, 0.3) is 0 Å². The first kappa shape index (κ1) is 16.7. The van der Waals surface area contributed by atoms with Crippen molar-refractivity contribution >= 4 is 23.2 Å². The number of hydrogen-bond donors (Lipinski definition) is 0. The van der Waals surface area contributed by atoms with Crippen LogP contribution in [0.4, 0.5) is 0 Å². The average molecular weight is 356 g/mol. The van der Waals surface area contributed by atoms with E-state index >= 15 is 0 Å². The van der Waals surface area contributed by atoms with Crippen molar-refractivity contribution < 1.29 is 9.47 Å². The van der Waals surface area contributed by atoms with E-state index in [1.165, 1.54) is 6.33 Å². The lowest BCUT2D eigenvalue weighted by atomic mass is 10.1. The molecule has 0 saturated carbocycles. The second-order valence-electron chi connectivity index (χ2n) is 5.63. The third-order valence-electron chi connectivity index (χ3n) is 3.92. The Morgan fingerprint density at radius 1 is 1.39 bits per heavy atom. The predicted molar refractivity (Wildman–Crippen MR) is 88.7 cm³/mol. The van der Waals surface area contributed by atoms with E-state index in [1.54, 1.807) is 17.1 Å². The van der Waals surface area contributed by atoms with Crippen LogP contribution in [0.25, 0.3) is 0 Å². The van der Waals surface area contributed by atoms with Gasteiger partial charge in [-0.15, -0.1) is 0 Å². The van der Waals surface area contributed by atoms with Gasteiger partial charge in [0.15, 0.2) is 6.29 Å². The molecule has 0 bridgehead atoms. The number of hydrogen-bond acceptors (Lipinski definition) is 4. The monoisotopic (exact) mass is 355 g/mol. The van der Waals surface area contributed by atoms with E-state index < -0.39 is 0 Å². The van der Waals surface area contributed by atoms with Gasteiger partial charge in [-0.1, -0.05) is 42.6 Å². The van der Waals surface area contributed by atoms with Crippen molar-refractivity contribution in [1.29, 1.82) is 0 Å². The molecule has 1 aliphatic heterocycles. The Hall–Kier alpha value is -1.14. The molecule has 7 heteroatoms. The molecule has 2 aromatic rings. The largest absolute Gasteiger partial charge is 0.348 e. The molecular formula is C16H19Cl2N3O2. The van der Waals surface area contributed by atoms with Gasteiger partial charge in [-0.2, -0.15) is 5.10 Å². The van der Waals surface area contributed by atoms with Crippen LogP contribution in [0, 0.1) is 0 Å². The maximum Gasteiger partial charge on any atom is 0.180 e. The molecule has 0 radical (unpaired) electrons. The highest BCUT2D eigenvalue weighted by atomic mass is 35.5. The quantitative estimate of drug-likeness (QED) is 0.787. The minimum Gasteiger partial charge on any atom is -0.348 e. The maximum atomic E-state index is 6.31. The lowest BCUT2D eigenvalue weighted by molar-refractivity contribution is -0.0945. The SMILES string of the molecule is CCCC1COC(C(Cc2ccc(Cl)cc2Cl)n2cncn2)O1. The smallest absolute Gasteiger partial charge is 0.180 e. The number of benzene rings is 1. The fourth-order valence-electron chi connectivity index (χ4n) is 2.76. The van der Waals surface area contributed by atoms with E-state index in [4.69, 9.17) is 32.7 Å². The molecule has 1 saturated heterocycles. The standard InChI is InChI=1S/C16H19Cl2N3O2/c1-2-3-13-8-22-16(23-13)15(21-10-19-9-20-21)6-11-4-5-12(17)7-14(11)18/h4-5,7,9-10,13,15-16H,2-3,6,8H2,1H3. The normalized spacial score (nSPS) is 22.4. The highest BCUT2D eigenvalue weighted by Gasteiger charge is 2.34. The van der Waals surface area contributed by atoms with Gasteiger partial charge in [-0.25, -0.2) is 9.67 Å². The molecule has 1 aromatic carbocycles. The third-order valence-corrected chi connectivity index (χ3v) is 4.51. The van der Waals surface area contributed by atoms with Gasteiger partial charge in [0, 0.05) is 16.5 Å². The fraction of sp³-hybridized carbons (Fsp3) is 0.500. The Morgan fingerprint density at radius 2 is 2.26 bits per heavy atom. The Bertz CT molecular complexity index is 636. The van der Waals surface area contributed by atoms with Gasteiger partial charge >= 0.3 is 0 Å². The molecule has 2 heterocycles. The van der Waals surface area contributed by atoms with E-state index in [2.05, 4.69) is 17.0 Å². The van der Waals surface area contributed by atoms with E-state index in [-0.39, 0.29) is 18.4 Å². The van der Waals surface area contributed by atoms with Crippen LogP contribution in [-0.2, 0) is 15.9 Å². The number of ether oxygens (including phenoxy) is 2. The van der Waals surface area contributed by atoms with Gasteiger partial charge in [0.2, 0.25) is 0 Å². The molecule has 124 valence electrons. The van der Waals surface area contributed by atoms with Crippen molar-refractivity contribution in [3.8, 4) is 0 Å². The van der Waals surface area contributed by atoms with Crippen molar-refractivity contribution in [2.75, 3.05) is 6.61 Å². The minimum atomic E-state index is -0.361. The Kier molecular flexibility index (Phi) is 5.54. The first-order chi connectivity index (χ1) is 11.2. The molecule has 0 spiro atoms. The number of nitrogens with zero attached hydrogens (tertiary/aromatic N) is 3. The number of halogens is 2. The van der Waals surface area contributed by atoms with Crippen molar-refractivity contribution in [3.05, 3.63) is 46.5 Å². The lowest BCUT2D eigenvalue weighted by Crippen LogP contribution is -2.28. The van der Waals surface area contributed by atoms with Crippen LogP contribution in [-0.4, -0.2) is 33.8 Å². The molecule has 3 rings (SSSR count). The third kappa shape index (κ3) is 4.04. The molecule has 0 N–H and O–H groups in total. The van der Waals surface area contributed by atoms with Crippen molar-refractivity contribution in [2.45, 2.75) is 44.6 Å². The first-order valence-corrected chi connectivity index (χ1v) is 8.48. The van der Waals surface area contributed by atoms with Crippen molar-refractivity contribution in [2.24, 2.45) is 0 Å². The van der Waals surface area contributed by atoms with Crippen LogP contribution in [0.5, 0.6) is 0 Å². The number of aromatic nitrogens is 3. The summed E-state index contributed by atoms with van der Waals surface area (Å²) in [7, 11) is 0. The molecule has 1 aromatic heterocycles. The van der Waals surface area contributed by atoms with Gasteiger partial charge < -0.3 is 9.47 Å². The van der Waals surface area contributed by atoms with Crippen LogP contribution in [0.15, 0.2) is 30.9 Å². The molecule has 1 fully saturated rings. The van der Waals surface area contributed by atoms with Crippen molar-refractivity contribution in [3.63, 3.8) is 0 Å². The zero-order chi connectivity index (χ0) is 16.2. The number of rotatable bonds is 6. The first-order valence-electron chi connectivity index (χ1n) is 7.72. The van der Waals surface area contributed by atoms with Crippen LogP contribution in [0.2, 0.25) is 10.0 Å². The van der Waals surface area contributed by atoms with Gasteiger partial charge in [0.1, 0.15) is 18.7 Å². The molecule has 3 unspecified atom stereocenters. The van der Waals surface area contributed by atoms with E-state index in [0.717, 1.165) is 18.4 Å². The Morgan fingerprint density at radius 3 is 2.96 bits per heavy atom. The molecule has 5 nitrogen and oxygen atoms in total. The van der Waals surface area contributed by atoms with E-state index in [0.29, 0.717) is 23.1 Å². The summed E-state index contributed by atoms with van der Waals surface area (Å²) in [4.78, 5) is 4.03. The summed E-state index contributed by atoms with van der Waals surface area (Å²) in [6.45, 7) is 2.75. The van der Waals surface area contributed by atoms with E-state index in [9.17, 15) is 0 Å². The van der Waals surface area contributed by atoms with Crippen LogP contribution >= 0.6 is 23.2 Å². The van der Waals surface area contributed by atoms with Gasteiger partial charge in [0.05, 0.1) is 12.7 Å². The topological polar surface area (TPSA) is 49.2 Å². The summed E-state index contributed by atoms with van der Waals surface area (Å²) < 4.78 is 13.7. The highest BCUT2D eigenvalue weighted by Crippen LogP contribution is 2.30. The Balaban J connectivity index is 1.80. The minimum absolute atomic E-state index is 0.127. The molecule has 0 amide bonds. The molecular weight excluding hydrogens is 337 g/mol. The zero-order valence-electron chi connectivity index (χ0n) is 12.9. The van der Waals surface area contributed by atoms with E-state index in [1.807, 2.05) is 12.1 Å². The average Bonchev–Trinajstić information content (AvgIpc) is 3.19. The Labute approximate surface area is 145 Å². The molecule has 23 heavy (non-hydrogen) atoms. The molecule has 1 aliphatic rings. The second-order valence-corrected chi connectivity index (χ2v) is 6.47. The van der Waals surface area contributed by atoms with Gasteiger partial charge in [-0.05, 0) is 24.1 Å². The molecule has 0 aliphatic carbocycles. The van der Waals surface area contributed by atoms with Crippen molar-refractivity contribution in [1.82, 2.24) is 14.8 Å². The zero-order valence-corrected chi connectivity index (χ0v) is 14.4. The van der Waals surface area contributed by atoms with Gasteiger partial charge in [-0.3, -0.25) is 0 Å². The van der Waals surface area contributed by atoms with Crippen LogP contribution in [0.3, 0.4) is 0 Å². The maximum absolute atomic E-state index is 6.31. The van der Waals surface area contributed by atoms with Crippen LogP contribution in [0.1, 0.15) is 31.4 Å². The van der Waals surface area contributed by atoms with Crippen LogP contribution < -0.4 is 0 Å². The second kappa shape index (κ2) is 7.62.